The number of urea groups is 1. The summed E-state index contributed by atoms with van der Waals surface area (Å²) in [6.07, 6.45) is -3.73. The minimum atomic E-state index is -4.83. The zero-order chi connectivity index (χ0) is 30.8. The van der Waals surface area contributed by atoms with Crippen LogP contribution in [-0.4, -0.2) is 34.3 Å². The first kappa shape index (κ1) is 29.2. The number of anilines is 1. The molecule has 4 amide bonds. The molecule has 1 saturated heterocycles. The van der Waals surface area contributed by atoms with E-state index in [-0.39, 0.29) is 29.4 Å². The summed E-state index contributed by atoms with van der Waals surface area (Å²) in [6, 6.07) is 9.09. The van der Waals surface area contributed by atoms with Crippen LogP contribution < -0.4 is 19.7 Å². The van der Waals surface area contributed by atoms with Crippen molar-refractivity contribution in [1.82, 2.24) is 5.32 Å². The van der Waals surface area contributed by atoms with Gasteiger partial charge in [0.2, 0.25) is 5.75 Å². The molecule has 0 atom stereocenters. The van der Waals surface area contributed by atoms with Gasteiger partial charge in [0.25, 0.3) is 17.5 Å². The number of nitro groups is 2. The number of alkyl halides is 3. The number of imide groups is 2. The zero-order valence-corrected chi connectivity index (χ0v) is 21.2. The largest absolute Gasteiger partial charge is 0.490 e. The molecule has 1 aliphatic heterocycles. The van der Waals surface area contributed by atoms with Crippen LogP contribution in [0, 0.1) is 20.2 Å². The van der Waals surface area contributed by atoms with Crippen LogP contribution in [0.1, 0.15) is 18.1 Å². The van der Waals surface area contributed by atoms with E-state index in [1.54, 1.807) is 6.92 Å². The van der Waals surface area contributed by atoms with E-state index in [1.165, 1.54) is 30.3 Å². The van der Waals surface area contributed by atoms with E-state index in [9.17, 15) is 47.8 Å². The molecule has 0 saturated carbocycles. The zero-order valence-electron chi connectivity index (χ0n) is 21.2. The number of carbonyl (C=O) groups is 3. The monoisotopic (exact) mass is 586 g/mol. The molecule has 13 nitrogen and oxygen atoms in total. The van der Waals surface area contributed by atoms with Crippen molar-refractivity contribution in [2.75, 3.05) is 11.5 Å². The number of amides is 4. The summed E-state index contributed by atoms with van der Waals surface area (Å²) in [6.45, 7) is 1.65. The first-order valence-corrected chi connectivity index (χ1v) is 11.8. The highest BCUT2D eigenvalue weighted by atomic mass is 19.4. The third-order valence-electron chi connectivity index (χ3n) is 5.68. The fraction of sp³-hybridized carbons (Fsp3) is 0.115. The molecule has 0 radical (unpaired) electrons. The number of halogens is 3. The number of nitrogens with one attached hydrogen (secondary N) is 1. The molecule has 1 heterocycles. The van der Waals surface area contributed by atoms with Crippen molar-refractivity contribution in [3.05, 3.63) is 97.6 Å². The van der Waals surface area contributed by atoms with E-state index in [4.69, 9.17) is 9.47 Å². The highest BCUT2D eigenvalue weighted by Gasteiger charge is 2.37. The van der Waals surface area contributed by atoms with E-state index in [0.29, 0.717) is 17.0 Å². The number of nitro benzene ring substituents is 2. The number of non-ortho nitro benzene ring substituents is 1. The lowest BCUT2D eigenvalue weighted by atomic mass is 10.1. The Morgan fingerprint density at radius 1 is 0.929 bits per heavy atom. The third kappa shape index (κ3) is 6.01. The van der Waals surface area contributed by atoms with Crippen LogP contribution in [0.5, 0.6) is 17.2 Å². The van der Waals surface area contributed by atoms with Crippen LogP contribution in [0.2, 0.25) is 0 Å². The number of nitrogens with zero attached hydrogens (tertiary/aromatic N) is 3. The van der Waals surface area contributed by atoms with Crippen molar-refractivity contribution in [3.63, 3.8) is 0 Å². The number of carbonyl (C=O) groups excluding carboxylic acids is 3. The van der Waals surface area contributed by atoms with Crippen molar-refractivity contribution in [1.29, 1.82) is 0 Å². The van der Waals surface area contributed by atoms with Gasteiger partial charge in [-0.3, -0.25) is 35.1 Å². The highest BCUT2D eigenvalue weighted by molar-refractivity contribution is 6.39. The van der Waals surface area contributed by atoms with Gasteiger partial charge in [0.15, 0.2) is 11.5 Å². The lowest BCUT2D eigenvalue weighted by Crippen LogP contribution is -2.54. The average Bonchev–Trinajstić information content (AvgIpc) is 2.92. The maximum atomic E-state index is 13.2. The van der Waals surface area contributed by atoms with Crippen molar-refractivity contribution < 1.29 is 46.9 Å². The van der Waals surface area contributed by atoms with Crippen molar-refractivity contribution in [2.45, 2.75) is 13.1 Å². The molecule has 216 valence electrons. The molecule has 1 aliphatic rings. The van der Waals surface area contributed by atoms with Crippen LogP contribution in [0.4, 0.5) is 35.0 Å². The smallest absolute Gasteiger partial charge is 0.416 e. The van der Waals surface area contributed by atoms with E-state index in [0.717, 1.165) is 24.3 Å². The molecule has 1 N–H and O–H groups in total. The van der Waals surface area contributed by atoms with Gasteiger partial charge in [-0.25, -0.2) is 9.69 Å². The standard InChI is InChI=1S/C26H17F3N4O9/c1-2-41-22-11-14(6-8-21(22)42-20-9-7-15(26(27,28)29)12-19(20)33(39)40)10-18-23(34)30-25(36)31(24(18)35)16-4-3-5-17(13-16)32(37)38/h3-13H,2H2,1H3,(H,30,34,36)/b18-10+. The summed E-state index contributed by atoms with van der Waals surface area (Å²) in [5.41, 5.74) is -3.12. The predicted octanol–water partition coefficient (Wildman–Crippen LogP) is 5.38. The molecule has 3 aromatic rings. The van der Waals surface area contributed by atoms with Gasteiger partial charge in [-0.1, -0.05) is 12.1 Å². The summed E-state index contributed by atoms with van der Waals surface area (Å²) in [7, 11) is 0. The van der Waals surface area contributed by atoms with Gasteiger partial charge in [0.05, 0.1) is 27.7 Å². The van der Waals surface area contributed by atoms with Crippen LogP contribution in [-0.2, 0) is 15.8 Å². The van der Waals surface area contributed by atoms with Crippen LogP contribution in [0.15, 0.2) is 66.2 Å². The lowest BCUT2D eigenvalue weighted by molar-refractivity contribution is -0.385. The Labute approximate surface area is 233 Å². The molecule has 0 spiro atoms. The fourth-order valence-corrected chi connectivity index (χ4v) is 3.81. The Kier molecular flexibility index (Phi) is 7.90. The van der Waals surface area contributed by atoms with Gasteiger partial charge in [-0.05, 0) is 48.9 Å². The molecule has 4 rings (SSSR count). The average molecular weight is 586 g/mol. The predicted molar refractivity (Wildman–Crippen MR) is 138 cm³/mol. The maximum absolute atomic E-state index is 13.2. The Morgan fingerprint density at radius 3 is 2.29 bits per heavy atom. The number of ether oxygens (including phenoxy) is 2. The third-order valence-corrected chi connectivity index (χ3v) is 5.68. The van der Waals surface area contributed by atoms with Crippen LogP contribution in [0.25, 0.3) is 6.08 Å². The Hall–Kier alpha value is -5.80. The molecule has 0 aliphatic carbocycles. The first-order valence-electron chi connectivity index (χ1n) is 11.8. The van der Waals surface area contributed by atoms with E-state index < -0.39 is 62.1 Å². The van der Waals surface area contributed by atoms with Gasteiger partial charge in [-0.15, -0.1) is 0 Å². The molecule has 0 bridgehead atoms. The summed E-state index contributed by atoms with van der Waals surface area (Å²) in [4.78, 5) is 59.5. The second-order valence-corrected chi connectivity index (χ2v) is 8.41. The minimum absolute atomic E-state index is 0.0451. The summed E-state index contributed by atoms with van der Waals surface area (Å²) in [5, 5.41) is 24.5. The van der Waals surface area contributed by atoms with Crippen LogP contribution in [0.3, 0.4) is 0 Å². The van der Waals surface area contributed by atoms with Crippen molar-refractivity contribution >= 4 is 41.0 Å². The molecule has 0 unspecified atom stereocenters. The summed E-state index contributed by atoms with van der Waals surface area (Å²) >= 11 is 0. The number of hydrogen-bond donors (Lipinski definition) is 1. The topological polar surface area (TPSA) is 171 Å². The van der Waals surface area contributed by atoms with Crippen molar-refractivity contribution in [3.8, 4) is 17.2 Å². The number of hydrogen-bond acceptors (Lipinski definition) is 9. The number of barbiturate groups is 1. The van der Waals surface area contributed by atoms with Gasteiger partial charge in [-0.2, -0.15) is 13.2 Å². The quantitative estimate of drug-likeness (QED) is 0.157. The summed E-state index contributed by atoms with van der Waals surface area (Å²) < 4.78 is 50.2. The molecule has 42 heavy (non-hydrogen) atoms. The number of rotatable bonds is 8. The van der Waals surface area contributed by atoms with Crippen LogP contribution >= 0.6 is 0 Å². The summed E-state index contributed by atoms with van der Waals surface area (Å²) in [5.74, 6) is -2.81. The van der Waals surface area contributed by atoms with Gasteiger partial charge >= 0.3 is 17.9 Å². The molecule has 1 fully saturated rings. The van der Waals surface area contributed by atoms with Gasteiger partial charge in [0.1, 0.15) is 5.57 Å². The van der Waals surface area contributed by atoms with Crippen molar-refractivity contribution in [2.24, 2.45) is 0 Å². The van der Waals surface area contributed by atoms with E-state index in [1.807, 2.05) is 5.32 Å². The molecule has 0 aromatic heterocycles. The maximum Gasteiger partial charge on any atom is 0.416 e. The van der Waals surface area contributed by atoms with E-state index >= 15 is 0 Å². The SMILES string of the molecule is CCOc1cc(/C=C2\C(=O)NC(=O)N(c3cccc([N+](=O)[O-])c3)C2=O)ccc1Oc1ccc(C(F)(F)F)cc1[N+](=O)[O-]. The normalized spacial score (nSPS) is 14.5. The fourth-order valence-electron chi connectivity index (χ4n) is 3.81. The molecule has 3 aromatic carbocycles. The Morgan fingerprint density at radius 2 is 1.64 bits per heavy atom. The van der Waals surface area contributed by atoms with Gasteiger partial charge < -0.3 is 9.47 Å². The Bertz CT molecular complexity index is 1670. The first-order chi connectivity index (χ1) is 19.8. The molecular weight excluding hydrogens is 569 g/mol. The second kappa shape index (κ2) is 11.4. The van der Waals surface area contributed by atoms with Gasteiger partial charge in [0, 0.05) is 18.2 Å². The molecule has 16 heteroatoms. The minimum Gasteiger partial charge on any atom is -0.490 e. The van der Waals surface area contributed by atoms with E-state index in [2.05, 4.69) is 0 Å². The second-order valence-electron chi connectivity index (χ2n) is 8.41. The molecular formula is C26H17F3N4O9. The lowest BCUT2D eigenvalue weighted by Gasteiger charge is -2.26. The Balaban J connectivity index is 1.70. The highest BCUT2D eigenvalue weighted by Crippen LogP contribution is 2.40. The number of benzene rings is 3.